The Bertz CT molecular complexity index is 834. The van der Waals surface area contributed by atoms with E-state index < -0.39 is 17.4 Å². The first-order valence-electron chi connectivity index (χ1n) is 7.64. The van der Waals surface area contributed by atoms with Gasteiger partial charge in [-0.15, -0.1) is 0 Å². The Labute approximate surface area is 140 Å². The van der Waals surface area contributed by atoms with Gasteiger partial charge in [0.1, 0.15) is 0 Å². The van der Waals surface area contributed by atoms with Crippen LogP contribution in [0.4, 0.5) is 11.5 Å². The average molecular weight is 325 g/mol. The van der Waals surface area contributed by atoms with Crippen molar-refractivity contribution in [2.45, 2.75) is 26.4 Å². The highest BCUT2D eigenvalue weighted by molar-refractivity contribution is 6.19. The second-order valence-corrected chi connectivity index (χ2v) is 6.10. The summed E-state index contributed by atoms with van der Waals surface area (Å²) in [6.07, 6.45) is 1.57. The number of ether oxygens (including phenoxy) is 1. The zero-order valence-corrected chi connectivity index (χ0v) is 14.1. The maximum Gasteiger partial charge on any atom is 0.281 e. The average Bonchev–Trinajstić information content (AvgIpc) is 2.55. The van der Waals surface area contributed by atoms with E-state index in [1.807, 2.05) is 32.0 Å². The molecule has 2 heterocycles. The molecule has 1 aromatic carbocycles. The first-order valence-corrected chi connectivity index (χ1v) is 7.64. The summed E-state index contributed by atoms with van der Waals surface area (Å²) >= 11 is 0. The second-order valence-electron chi connectivity index (χ2n) is 6.10. The van der Waals surface area contributed by atoms with Gasteiger partial charge in [0.15, 0.2) is 11.6 Å². The molecule has 2 amide bonds. The number of hydrogen-bond donors (Lipinski definition) is 1. The van der Waals surface area contributed by atoms with Gasteiger partial charge in [-0.1, -0.05) is 17.7 Å². The fourth-order valence-electron chi connectivity index (χ4n) is 2.73. The van der Waals surface area contributed by atoms with Crippen LogP contribution in [0.5, 0.6) is 5.75 Å². The monoisotopic (exact) mass is 325 g/mol. The fourth-order valence-corrected chi connectivity index (χ4v) is 2.73. The van der Waals surface area contributed by atoms with Crippen LogP contribution in [0.25, 0.3) is 0 Å². The number of pyridine rings is 1. The Balaban J connectivity index is 1.93. The smallest absolute Gasteiger partial charge is 0.281 e. The van der Waals surface area contributed by atoms with Crippen LogP contribution in [0.2, 0.25) is 0 Å². The summed E-state index contributed by atoms with van der Waals surface area (Å²) in [5.41, 5.74) is 1.03. The molecule has 1 aromatic heterocycles. The van der Waals surface area contributed by atoms with Gasteiger partial charge >= 0.3 is 0 Å². The van der Waals surface area contributed by atoms with Crippen molar-refractivity contribution in [3.63, 3.8) is 0 Å². The molecule has 1 N–H and O–H groups in total. The van der Waals surface area contributed by atoms with Crippen molar-refractivity contribution >= 4 is 23.3 Å². The van der Waals surface area contributed by atoms with Crippen LogP contribution in [-0.4, -0.2) is 29.4 Å². The second kappa shape index (κ2) is 5.63. The predicted octanol–water partition coefficient (Wildman–Crippen LogP) is 2.45. The molecule has 2 aromatic rings. The largest absolute Gasteiger partial charge is 0.464 e. The standard InChI is InChI=1S/C18H19N3O3/c1-11-7-8-13(12(2)10-11)20-16(22)18(3)17(23)21(4)15-14(24-18)6-5-9-19-15/h5-10H,1-4H3,(H,20,22)/t18-/m0/s1. The van der Waals surface area contributed by atoms with Crippen molar-refractivity contribution in [1.82, 2.24) is 4.98 Å². The maximum absolute atomic E-state index is 12.8. The third-order valence-electron chi connectivity index (χ3n) is 4.16. The van der Waals surface area contributed by atoms with Gasteiger partial charge in [0.2, 0.25) is 0 Å². The molecule has 0 unspecified atom stereocenters. The number of likely N-dealkylation sites (N-methyl/N-ethyl adjacent to an activating group) is 1. The summed E-state index contributed by atoms with van der Waals surface area (Å²) in [6.45, 7) is 5.35. The highest BCUT2D eigenvalue weighted by Gasteiger charge is 2.50. The van der Waals surface area contributed by atoms with Crippen LogP contribution in [0, 0.1) is 13.8 Å². The Morgan fingerprint density at radius 3 is 2.75 bits per heavy atom. The van der Waals surface area contributed by atoms with E-state index in [0.29, 0.717) is 17.3 Å². The number of nitrogens with zero attached hydrogens (tertiary/aromatic N) is 2. The van der Waals surface area contributed by atoms with Crippen molar-refractivity contribution < 1.29 is 14.3 Å². The van der Waals surface area contributed by atoms with Crippen LogP contribution in [0.15, 0.2) is 36.5 Å². The first-order chi connectivity index (χ1) is 11.3. The van der Waals surface area contributed by atoms with Gasteiger partial charge in [0.05, 0.1) is 0 Å². The lowest BCUT2D eigenvalue weighted by Gasteiger charge is -2.37. The lowest BCUT2D eigenvalue weighted by atomic mass is 10.0. The quantitative estimate of drug-likeness (QED) is 0.861. The highest BCUT2D eigenvalue weighted by Crippen LogP contribution is 2.35. The number of aryl methyl sites for hydroxylation is 2. The Morgan fingerprint density at radius 2 is 2.04 bits per heavy atom. The van der Waals surface area contributed by atoms with Gasteiger partial charge < -0.3 is 10.1 Å². The van der Waals surface area contributed by atoms with E-state index in [1.54, 1.807) is 25.4 Å². The lowest BCUT2D eigenvalue weighted by Crippen LogP contribution is -2.60. The van der Waals surface area contributed by atoms with E-state index in [-0.39, 0.29) is 0 Å². The van der Waals surface area contributed by atoms with Gasteiger partial charge in [0, 0.05) is 18.9 Å². The number of carbonyl (C=O) groups is 2. The summed E-state index contributed by atoms with van der Waals surface area (Å²) in [6, 6.07) is 9.07. The normalized spacial score (nSPS) is 19.5. The maximum atomic E-state index is 12.8. The van der Waals surface area contributed by atoms with Gasteiger partial charge in [-0.2, -0.15) is 0 Å². The number of benzene rings is 1. The van der Waals surface area contributed by atoms with Gasteiger partial charge in [-0.25, -0.2) is 4.98 Å². The van der Waals surface area contributed by atoms with Gasteiger partial charge in [-0.3, -0.25) is 14.5 Å². The molecule has 1 aliphatic rings. The molecule has 0 bridgehead atoms. The molecule has 0 saturated heterocycles. The molecule has 0 spiro atoms. The van der Waals surface area contributed by atoms with Crippen LogP contribution in [0.1, 0.15) is 18.1 Å². The van der Waals surface area contributed by atoms with E-state index in [2.05, 4.69) is 10.3 Å². The van der Waals surface area contributed by atoms with Crippen molar-refractivity contribution in [3.8, 4) is 5.75 Å². The van der Waals surface area contributed by atoms with E-state index >= 15 is 0 Å². The lowest BCUT2D eigenvalue weighted by molar-refractivity contribution is -0.145. The molecular weight excluding hydrogens is 306 g/mol. The molecule has 1 aliphatic heterocycles. The number of nitrogens with one attached hydrogen (secondary N) is 1. The molecule has 0 saturated carbocycles. The molecule has 3 rings (SSSR count). The van der Waals surface area contributed by atoms with Crippen molar-refractivity contribution in [1.29, 1.82) is 0 Å². The summed E-state index contributed by atoms with van der Waals surface area (Å²) in [5, 5.41) is 2.80. The molecule has 0 fully saturated rings. The van der Waals surface area contributed by atoms with E-state index in [4.69, 9.17) is 4.74 Å². The Hall–Kier alpha value is -2.89. The number of anilines is 2. The number of rotatable bonds is 2. The summed E-state index contributed by atoms with van der Waals surface area (Å²) in [4.78, 5) is 30.9. The molecule has 6 heteroatoms. The predicted molar refractivity (Wildman–Crippen MR) is 91.2 cm³/mol. The van der Waals surface area contributed by atoms with Gasteiger partial charge in [-0.05, 0) is 44.5 Å². The van der Waals surface area contributed by atoms with Crippen LogP contribution in [-0.2, 0) is 9.59 Å². The number of fused-ring (bicyclic) bond motifs is 1. The minimum Gasteiger partial charge on any atom is -0.464 e. The molecule has 24 heavy (non-hydrogen) atoms. The number of hydrogen-bond acceptors (Lipinski definition) is 4. The van der Waals surface area contributed by atoms with Crippen molar-refractivity contribution in [3.05, 3.63) is 47.7 Å². The minimum atomic E-state index is -1.65. The summed E-state index contributed by atoms with van der Waals surface area (Å²) in [7, 11) is 1.58. The molecule has 0 aliphatic carbocycles. The Kier molecular flexibility index (Phi) is 3.75. The third kappa shape index (κ3) is 2.50. The number of carbonyl (C=O) groups excluding carboxylic acids is 2. The molecule has 1 atom stereocenters. The zero-order valence-electron chi connectivity index (χ0n) is 14.1. The topological polar surface area (TPSA) is 71.5 Å². The van der Waals surface area contributed by atoms with E-state index in [1.165, 1.54) is 11.8 Å². The minimum absolute atomic E-state index is 0.401. The number of amides is 2. The van der Waals surface area contributed by atoms with Crippen molar-refractivity contribution in [2.24, 2.45) is 0 Å². The summed E-state index contributed by atoms with van der Waals surface area (Å²) in [5.74, 6) is -0.172. The SMILES string of the molecule is Cc1ccc(NC(=O)[C@]2(C)Oc3cccnc3N(C)C2=O)c(C)c1. The van der Waals surface area contributed by atoms with Crippen LogP contribution >= 0.6 is 0 Å². The fraction of sp³-hybridized carbons (Fsp3) is 0.278. The van der Waals surface area contributed by atoms with Crippen LogP contribution < -0.4 is 15.0 Å². The third-order valence-corrected chi connectivity index (χ3v) is 4.16. The van der Waals surface area contributed by atoms with E-state index in [9.17, 15) is 9.59 Å². The first kappa shape index (κ1) is 16.0. The highest BCUT2D eigenvalue weighted by atomic mass is 16.5. The van der Waals surface area contributed by atoms with E-state index in [0.717, 1.165) is 11.1 Å². The molecule has 124 valence electrons. The molecule has 6 nitrogen and oxygen atoms in total. The molecule has 0 radical (unpaired) electrons. The molecular formula is C18H19N3O3. The van der Waals surface area contributed by atoms with Crippen LogP contribution in [0.3, 0.4) is 0 Å². The number of aromatic nitrogens is 1. The summed E-state index contributed by atoms with van der Waals surface area (Å²) < 4.78 is 5.73. The van der Waals surface area contributed by atoms with Gasteiger partial charge in [0.25, 0.3) is 17.4 Å². The zero-order chi connectivity index (χ0) is 17.5. The van der Waals surface area contributed by atoms with Crippen molar-refractivity contribution in [2.75, 3.05) is 17.3 Å². The Morgan fingerprint density at radius 1 is 1.29 bits per heavy atom.